The quantitative estimate of drug-likeness (QED) is 0.363. The van der Waals surface area contributed by atoms with E-state index < -0.39 is 0 Å². The minimum absolute atomic E-state index is 0.268. The highest BCUT2D eigenvalue weighted by Crippen LogP contribution is 2.24. The van der Waals surface area contributed by atoms with E-state index in [1.165, 1.54) is 0 Å². The molecule has 1 aliphatic heterocycles. The van der Waals surface area contributed by atoms with Gasteiger partial charge in [0.1, 0.15) is 6.07 Å². The van der Waals surface area contributed by atoms with Gasteiger partial charge in [-0.05, 0) is 56.8 Å². The van der Waals surface area contributed by atoms with Crippen LogP contribution in [0.3, 0.4) is 0 Å². The van der Waals surface area contributed by atoms with Crippen LogP contribution in [0.2, 0.25) is 0 Å². The zero-order chi connectivity index (χ0) is 20.9. The molecule has 0 aromatic heterocycles. The summed E-state index contributed by atoms with van der Waals surface area (Å²) in [6.07, 6.45) is 4.49. The molecule has 1 amide bonds. The highest BCUT2D eigenvalue weighted by atomic mass is 16.2. The van der Waals surface area contributed by atoms with Crippen LogP contribution in [0.1, 0.15) is 38.7 Å². The number of carbonyl (C=O) groups excluding carboxylic acids is 1. The minimum Gasteiger partial charge on any atom is -0.396 e. The fourth-order valence-corrected chi connectivity index (χ4v) is 3.20. The van der Waals surface area contributed by atoms with Crippen LogP contribution >= 0.6 is 0 Å². The van der Waals surface area contributed by atoms with Crippen molar-refractivity contribution in [3.63, 3.8) is 0 Å². The van der Waals surface area contributed by atoms with Crippen LogP contribution in [0, 0.1) is 23.2 Å². The molecule has 0 aliphatic carbocycles. The second kappa shape index (κ2) is 12.8. The summed E-state index contributed by atoms with van der Waals surface area (Å²) in [6.45, 7) is 11.0. The number of nitrogen functional groups attached to an aromatic ring is 1. The van der Waals surface area contributed by atoms with Crippen molar-refractivity contribution in [1.82, 2.24) is 10.2 Å². The standard InChI is InChI=1S/C19H29N5O.C3H6/c1-14(15-7-10-24(2)18(25)11-15)13-22-8-4-9-23-17-6-3-5-16(12-20)19(17)21;1-3-2/h3,5-6,14-15,22-23H,4,7-11,13,21H2,1-2H3;3H,1H2,2H3. The van der Waals surface area contributed by atoms with Gasteiger partial charge in [0, 0.05) is 26.6 Å². The molecule has 0 saturated carbocycles. The third-order valence-electron chi connectivity index (χ3n) is 5.04. The molecule has 2 atom stereocenters. The Labute approximate surface area is 169 Å². The van der Waals surface area contributed by atoms with Crippen molar-refractivity contribution in [2.75, 3.05) is 44.3 Å². The molecule has 1 aliphatic rings. The van der Waals surface area contributed by atoms with Crippen molar-refractivity contribution in [2.45, 2.75) is 33.1 Å². The number of hydrogen-bond acceptors (Lipinski definition) is 5. The number of nitrogens with two attached hydrogens (primary N) is 1. The summed E-state index contributed by atoms with van der Waals surface area (Å²) in [6, 6.07) is 7.54. The molecule has 6 nitrogen and oxygen atoms in total. The van der Waals surface area contributed by atoms with E-state index in [0.717, 1.165) is 44.7 Å². The Morgan fingerprint density at radius 2 is 2.18 bits per heavy atom. The van der Waals surface area contributed by atoms with Crippen molar-refractivity contribution >= 4 is 17.3 Å². The molecule has 1 heterocycles. The Bertz CT molecular complexity index is 667. The van der Waals surface area contributed by atoms with Crippen LogP contribution in [-0.4, -0.2) is 44.0 Å². The molecule has 1 aromatic carbocycles. The van der Waals surface area contributed by atoms with Gasteiger partial charge in [-0.3, -0.25) is 4.79 Å². The molecular weight excluding hydrogens is 350 g/mol. The van der Waals surface area contributed by atoms with Gasteiger partial charge in [-0.2, -0.15) is 5.26 Å². The van der Waals surface area contributed by atoms with E-state index >= 15 is 0 Å². The summed E-state index contributed by atoms with van der Waals surface area (Å²) in [5, 5.41) is 15.8. The van der Waals surface area contributed by atoms with Gasteiger partial charge in [-0.1, -0.05) is 19.1 Å². The van der Waals surface area contributed by atoms with Crippen LogP contribution in [0.4, 0.5) is 11.4 Å². The number of nitriles is 1. The molecule has 2 unspecified atom stereocenters. The highest BCUT2D eigenvalue weighted by Gasteiger charge is 2.26. The summed E-state index contributed by atoms with van der Waals surface area (Å²) in [5.74, 6) is 1.26. The van der Waals surface area contributed by atoms with Crippen LogP contribution in [0.5, 0.6) is 0 Å². The molecule has 6 heteroatoms. The predicted molar refractivity (Wildman–Crippen MR) is 117 cm³/mol. The molecule has 154 valence electrons. The second-order valence-corrected chi connectivity index (χ2v) is 7.32. The van der Waals surface area contributed by atoms with E-state index in [1.54, 1.807) is 12.1 Å². The fraction of sp³-hybridized carbons (Fsp3) is 0.545. The number of nitrogens with one attached hydrogen (secondary N) is 2. The number of allylic oxidation sites excluding steroid dienone is 1. The maximum Gasteiger partial charge on any atom is 0.222 e. The molecule has 0 spiro atoms. The number of hydrogen-bond donors (Lipinski definition) is 3. The van der Waals surface area contributed by atoms with Crippen molar-refractivity contribution in [3.8, 4) is 6.07 Å². The molecule has 1 aromatic rings. The van der Waals surface area contributed by atoms with Crippen molar-refractivity contribution in [2.24, 2.45) is 11.8 Å². The average Bonchev–Trinajstić information content (AvgIpc) is 2.68. The largest absolute Gasteiger partial charge is 0.396 e. The number of piperidine rings is 1. The predicted octanol–water partition coefficient (Wildman–Crippen LogP) is 3.23. The Morgan fingerprint density at radius 3 is 2.82 bits per heavy atom. The van der Waals surface area contributed by atoms with E-state index in [2.05, 4.69) is 30.2 Å². The normalized spacial score (nSPS) is 17.1. The maximum absolute atomic E-state index is 11.8. The first-order valence-corrected chi connectivity index (χ1v) is 9.98. The molecule has 0 bridgehead atoms. The molecular formula is C22H35N5O. The summed E-state index contributed by atoms with van der Waals surface area (Å²) >= 11 is 0. The van der Waals surface area contributed by atoms with E-state index in [4.69, 9.17) is 11.0 Å². The number of benzene rings is 1. The first kappa shape index (κ1) is 23.5. The van der Waals surface area contributed by atoms with Crippen LogP contribution in [-0.2, 0) is 4.79 Å². The zero-order valence-corrected chi connectivity index (χ0v) is 17.5. The Balaban J connectivity index is 0.00000122. The van der Waals surface area contributed by atoms with Gasteiger partial charge in [0.25, 0.3) is 0 Å². The first-order chi connectivity index (χ1) is 13.4. The van der Waals surface area contributed by atoms with Gasteiger partial charge < -0.3 is 21.3 Å². The van der Waals surface area contributed by atoms with E-state index in [0.29, 0.717) is 29.5 Å². The summed E-state index contributed by atoms with van der Waals surface area (Å²) in [7, 11) is 1.88. The third kappa shape index (κ3) is 7.61. The Hall–Kier alpha value is -2.52. The van der Waals surface area contributed by atoms with Crippen LogP contribution in [0.25, 0.3) is 0 Å². The molecule has 2 rings (SSSR count). The van der Waals surface area contributed by atoms with E-state index in [-0.39, 0.29) is 5.91 Å². The maximum atomic E-state index is 11.8. The average molecular weight is 386 g/mol. The van der Waals surface area contributed by atoms with Crippen LogP contribution in [0.15, 0.2) is 30.9 Å². The summed E-state index contributed by atoms with van der Waals surface area (Å²) in [5.41, 5.74) is 7.78. The molecule has 4 N–H and O–H groups in total. The topological polar surface area (TPSA) is 94.2 Å². The highest BCUT2D eigenvalue weighted by molar-refractivity contribution is 5.76. The van der Waals surface area contributed by atoms with Crippen molar-refractivity contribution in [1.29, 1.82) is 5.26 Å². The van der Waals surface area contributed by atoms with Gasteiger partial charge in [0.2, 0.25) is 5.91 Å². The van der Waals surface area contributed by atoms with Crippen LogP contribution < -0.4 is 16.4 Å². The second-order valence-electron chi connectivity index (χ2n) is 7.32. The lowest BCUT2D eigenvalue weighted by molar-refractivity contribution is -0.134. The molecule has 1 saturated heterocycles. The first-order valence-electron chi connectivity index (χ1n) is 9.98. The SMILES string of the molecule is C=CC.CC(CNCCCNc1cccc(C#N)c1N)C1CCN(C)C(=O)C1. The lowest BCUT2D eigenvalue weighted by atomic mass is 9.85. The molecule has 1 fully saturated rings. The zero-order valence-electron chi connectivity index (χ0n) is 17.5. The number of nitrogens with zero attached hydrogens (tertiary/aromatic N) is 2. The van der Waals surface area contributed by atoms with Gasteiger partial charge in [-0.15, -0.1) is 6.58 Å². The summed E-state index contributed by atoms with van der Waals surface area (Å²) < 4.78 is 0. The monoisotopic (exact) mass is 385 g/mol. The number of anilines is 2. The van der Waals surface area contributed by atoms with Crippen molar-refractivity contribution in [3.05, 3.63) is 36.4 Å². The number of carbonyl (C=O) groups is 1. The minimum atomic E-state index is 0.268. The lowest BCUT2D eigenvalue weighted by Gasteiger charge is -2.32. The van der Waals surface area contributed by atoms with Gasteiger partial charge in [0.15, 0.2) is 0 Å². The van der Waals surface area contributed by atoms with E-state index in [1.807, 2.05) is 31.0 Å². The number of amides is 1. The van der Waals surface area contributed by atoms with Gasteiger partial charge in [-0.25, -0.2) is 0 Å². The number of rotatable bonds is 8. The third-order valence-corrected chi connectivity index (χ3v) is 5.04. The van der Waals surface area contributed by atoms with E-state index in [9.17, 15) is 4.79 Å². The number of likely N-dealkylation sites (tertiary alicyclic amines) is 1. The molecule has 0 radical (unpaired) electrons. The van der Waals surface area contributed by atoms with Gasteiger partial charge in [0.05, 0.1) is 16.9 Å². The molecule has 28 heavy (non-hydrogen) atoms. The summed E-state index contributed by atoms with van der Waals surface area (Å²) in [4.78, 5) is 13.6. The van der Waals surface area contributed by atoms with Crippen molar-refractivity contribution < 1.29 is 4.79 Å². The number of para-hydroxylation sites is 1. The lowest BCUT2D eigenvalue weighted by Crippen LogP contribution is -2.39. The Kier molecular flexibility index (Phi) is 10.7. The fourth-order valence-electron chi connectivity index (χ4n) is 3.20. The Morgan fingerprint density at radius 1 is 1.46 bits per heavy atom. The smallest absolute Gasteiger partial charge is 0.222 e. The van der Waals surface area contributed by atoms with Gasteiger partial charge >= 0.3 is 0 Å².